The summed E-state index contributed by atoms with van der Waals surface area (Å²) in [6.45, 7) is 1.43. The van der Waals surface area contributed by atoms with Crippen molar-refractivity contribution in [3.63, 3.8) is 0 Å². The van der Waals surface area contributed by atoms with E-state index in [-0.39, 0.29) is 5.91 Å². The first-order chi connectivity index (χ1) is 10.6. The van der Waals surface area contributed by atoms with Crippen molar-refractivity contribution in [2.24, 2.45) is 7.05 Å². The Balaban J connectivity index is 1.63. The monoisotopic (exact) mass is 409 g/mol. The number of aromatic nitrogens is 1. The van der Waals surface area contributed by atoms with Crippen molar-refractivity contribution in [1.29, 1.82) is 0 Å². The highest BCUT2D eigenvalue weighted by atomic mass is 127. The SMILES string of the molecule is Cn1cccc1[C@H]1CCCN1CC(=O)Nc1ccc(I)cc1. The number of amides is 1. The molecular formula is C17H20IN3O. The van der Waals surface area contributed by atoms with Crippen molar-refractivity contribution >= 4 is 34.2 Å². The predicted octanol–water partition coefficient (Wildman–Crippen LogP) is 3.41. The van der Waals surface area contributed by atoms with Gasteiger partial charge in [-0.3, -0.25) is 9.69 Å². The molecule has 1 aliphatic rings. The zero-order chi connectivity index (χ0) is 15.5. The number of anilines is 1. The molecule has 1 amide bonds. The minimum absolute atomic E-state index is 0.0577. The number of aryl methyl sites for hydroxylation is 1. The summed E-state index contributed by atoms with van der Waals surface area (Å²) in [6, 6.07) is 12.5. The molecule has 0 radical (unpaired) electrons. The van der Waals surface area contributed by atoms with Gasteiger partial charge < -0.3 is 9.88 Å². The van der Waals surface area contributed by atoms with Crippen LogP contribution in [0, 0.1) is 3.57 Å². The Morgan fingerprint density at radius 1 is 1.32 bits per heavy atom. The lowest BCUT2D eigenvalue weighted by molar-refractivity contribution is -0.117. The largest absolute Gasteiger partial charge is 0.353 e. The Kier molecular flexibility index (Phi) is 4.83. The van der Waals surface area contributed by atoms with Crippen LogP contribution in [0.2, 0.25) is 0 Å². The average molecular weight is 409 g/mol. The molecule has 3 rings (SSSR count). The molecule has 1 saturated heterocycles. The van der Waals surface area contributed by atoms with Crippen LogP contribution in [0.3, 0.4) is 0 Å². The molecule has 4 nitrogen and oxygen atoms in total. The molecule has 22 heavy (non-hydrogen) atoms. The predicted molar refractivity (Wildman–Crippen MR) is 96.7 cm³/mol. The molecule has 5 heteroatoms. The van der Waals surface area contributed by atoms with E-state index >= 15 is 0 Å². The van der Waals surface area contributed by atoms with E-state index in [2.05, 4.69) is 62.8 Å². The lowest BCUT2D eigenvalue weighted by Gasteiger charge is -2.24. The Hall–Kier alpha value is -1.34. The molecule has 2 heterocycles. The number of halogens is 1. The van der Waals surface area contributed by atoms with Crippen molar-refractivity contribution in [3.05, 3.63) is 51.9 Å². The van der Waals surface area contributed by atoms with Crippen molar-refractivity contribution in [1.82, 2.24) is 9.47 Å². The molecule has 0 unspecified atom stereocenters. The van der Waals surface area contributed by atoms with Crippen molar-refractivity contribution < 1.29 is 4.79 Å². The average Bonchev–Trinajstić information content (AvgIpc) is 3.10. The summed E-state index contributed by atoms with van der Waals surface area (Å²) in [5, 5.41) is 2.99. The maximum absolute atomic E-state index is 12.3. The Morgan fingerprint density at radius 3 is 2.77 bits per heavy atom. The lowest BCUT2D eigenvalue weighted by Crippen LogP contribution is -2.33. The number of carbonyl (C=O) groups is 1. The smallest absolute Gasteiger partial charge is 0.238 e. The lowest BCUT2D eigenvalue weighted by atomic mass is 10.1. The van der Waals surface area contributed by atoms with Gasteiger partial charge in [-0.1, -0.05) is 0 Å². The number of likely N-dealkylation sites (tertiary alicyclic amines) is 1. The highest BCUT2D eigenvalue weighted by Gasteiger charge is 2.28. The molecule has 1 N–H and O–H groups in total. The maximum Gasteiger partial charge on any atom is 0.238 e. The Bertz CT molecular complexity index is 650. The van der Waals surface area contributed by atoms with Crippen LogP contribution in [0.15, 0.2) is 42.6 Å². The van der Waals surface area contributed by atoms with E-state index in [1.54, 1.807) is 0 Å². The summed E-state index contributed by atoms with van der Waals surface area (Å²) < 4.78 is 3.32. The van der Waals surface area contributed by atoms with Crippen molar-refractivity contribution in [3.8, 4) is 0 Å². The van der Waals surface area contributed by atoms with Crippen LogP contribution in [0.25, 0.3) is 0 Å². The van der Waals surface area contributed by atoms with E-state index in [0.717, 1.165) is 25.1 Å². The molecular weight excluding hydrogens is 389 g/mol. The third-order valence-electron chi connectivity index (χ3n) is 4.16. The van der Waals surface area contributed by atoms with E-state index in [9.17, 15) is 4.79 Å². The molecule has 116 valence electrons. The number of nitrogens with zero attached hydrogens (tertiary/aromatic N) is 2. The fourth-order valence-electron chi connectivity index (χ4n) is 3.09. The number of carbonyl (C=O) groups excluding carboxylic acids is 1. The first-order valence-electron chi connectivity index (χ1n) is 7.54. The van der Waals surface area contributed by atoms with Gasteiger partial charge in [0, 0.05) is 28.2 Å². The zero-order valence-corrected chi connectivity index (χ0v) is 14.8. The summed E-state index contributed by atoms with van der Waals surface area (Å²) in [4.78, 5) is 14.6. The second-order valence-corrected chi connectivity index (χ2v) is 6.97. The number of nitrogens with one attached hydrogen (secondary N) is 1. The van der Waals surface area contributed by atoms with E-state index in [4.69, 9.17) is 0 Å². The minimum Gasteiger partial charge on any atom is -0.353 e. The standard InChI is InChI=1S/C17H20IN3O/c1-20-10-2-4-15(20)16-5-3-11-21(16)12-17(22)19-14-8-6-13(18)7-9-14/h2,4,6-10,16H,3,5,11-12H2,1H3,(H,19,22)/t16-/m1/s1. The van der Waals surface area contributed by atoms with Gasteiger partial charge in [-0.15, -0.1) is 0 Å². The highest BCUT2D eigenvalue weighted by Crippen LogP contribution is 2.31. The molecule has 1 atom stereocenters. The van der Waals surface area contributed by atoms with E-state index in [1.165, 1.54) is 9.26 Å². The van der Waals surface area contributed by atoms with Crippen LogP contribution in [-0.2, 0) is 11.8 Å². The second kappa shape index (κ2) is 6.83. The van der Waals surface area contributed by atoms with Crippen LogP contribution in [0.1, 0.15) is 24.6 Å². The molecule has 2 aromatic rings. The maximum atomic E-state index is 12.3. The molecule has 1 aromatic heterocycles. The van der Waals surface area contributed by atoms with Crippen molar-refractivity contribution in [2.45, 2.75) is 18.9 Å². The topological polar surface area (TPSA) is 37.3 Å². The van der Waals surface area contributed by atoms with E-state index < -0.39 is 0 Å². The first-order valence-corrected chi connectivity index (χ1v) is 8.62. The second-order valence-electron chi connectivity index (χ2n) is 5.73. The van der Waals surface area contributed by atoms with Gasteiger partial charge in [0.15, 0.2) is 0 Å². The van der Waals surface area contributed by atoms with E-state index in [0.29, 0.717) is 12.6 Å². The van der Waals surface area contributed by atoms with Gasteiger partial charge in [-0.2, -0.15) is 0 Å². The van der Waals surface area contributed by atoms with Crippen LogP contribution in [0.4, 0.5) is 5.69 Å². The summed E-state index contributed by atoms with van der Waals surface area (Å²) >= 11 is 2.26. The molecule has 1 aliphatic heterocycles. The van der Waals surface area contributed by atoms with Crippen molar-refractivity contribution in [2.75, 3.05) is 18.4 Å². The fraction of sp³-hybridized carbons (Fsp3) is 0.353. The normalized spacial score (nSPS) is 18.5. The van der Waals surface area contributed by atoms with Crippen LogP contribution in [-0.4, -0.2) is 28.5 Å². The first kappa shape index (κ1) is 15.6. The minimum atomic E-state index is 0.0577. The molecule has 0 spiro atoms. The third-order valence-corrected chi connectivity index (χ3v) is 4.88. The van der Waals surface area contributed by atoms with Gasteiger partial charge >= 0.3 is 0 Å². The summed E-state index contributed by atoms with van der Waals surface area (Å²) in [7, 11) is 2.07. The van der Waals surface area contributed by atoms with Crippen LogP contribution in [0.5, 0.6) is 0 Å². The Morgan fingerprint density at radius 2 is 2.09 bits per heavy atom. The molecule has 0 saturated carbocycles. The number of benzene rings is 1. The molecule has 0 aliphatic carbocycles. The number of rotatable bonds is 4. The third kappa shape index (κ3) is 3.52. The fourth-order valence-corrected chi connectivity index (χ4v) is 3.45. The molecule has 0 bridgehead atoms. The van der Waals surface area contributed by atoms with Gasteiger partial charge in [0.25, 0.3) is 0 Å². The number of hydrogen-bond donors (Lipinski definition) is 1. The molecule has 1 fully saturated rings. The van der Waals surface area contributed by atoms with Gasteiger partial charge in [0.2, 0.25) is 5.91 Å². The van der Waals surface area contributed by atoms with Gasteiger partial charge in [0.05, 0.1) is 12.6 Å². The van der Waals surface area contributed by atoms with Crippen LogP contribution < -0.4 is 5.32 Å². The van der Waals surface area contributed by atoms with Gasteiger partial charge in [-0.05, 0) is 78.4 Å². The van der Waals surface area contributed by atoms with Gasteiger partial charge in [-0.25, -0.2) is 0 Å². The summed E-state index contributed by atoms with van der Waals surface area (Å²) in [5.41, 5.74) is 2.15. The van der Waals surface area contributed by atoms with Gasteiger partial charge in [0.1, 0.15) is 0 Å². The van der Waals surface area contributed by atoms with E-state index in [1.807, 2.05) is 24.3 Å². The zero-order valence-electron chi connectivity index (χ0n) is 12.6. The summed E-state index contributed by atoms with van der Waals surface area (Å²) in [5.74, 6) is 0.0577. The molecule has 1 aromatic carbocycles. The Labute approximate surface area is 144 Å². The summed E-state index contributed by atoms with van der Waals surface area (Å²) in [6.07, 6.45) is 4.33. The quantitative estimate of drug-likeness (QED) is 0.787. The highest BCUT2D eigenvalue weighted by molar-refractivity contribution is 14.1. The van der Waals surface area contributed by atoms with Crippen LogP contribution >= 0.6 is 22.6 Å². The number of hydrogen-bond acceptors (Lipinski definition) is 2.